The van der Waals surface area contributed by atoms with E-state index in [-0.39, 0.29) is 0 Å². The van der Waals surface area contributed by atoms with E-state index in [0.717, 1.165) is 6.54 Å². The van der Waals surface area contributed by atoms with E-state index in [1.807, 2.05) is 11.8 Å². The molecule has 1 aromatic rings. The molecule has 6 heteroatoms. The van der Waals surface area contributed by atoms with Gasteiger partial charge in [-0.25, -0.2) is 9.97 Å². The van der Waals surface area contributed by atoms with Gasteiger partial charge in [0.15, 0.2) is 0 Å². The third kappa shape index (κ3) is 3.01. The van der Waals surface area contributed by atoms with E-state index < -0.39 is 0 Å². The maximum atomic E-state index is 6.08. The van der Waals surface area contributed by atoms with Crippen molar-refractivity contribution in [2.75, 3.05) is 23.9 Å². The maximum absolute atomic E-state index is 6.08. The summed E-state index contributed by atoms with van der Waals surface area (Å²) in [5.41, 5.74) is 5.67. The van der Waals surface area contributed by atoms with Gasteiger partial charge in [0, 0.05) is 11.3 Å². The first-order chi connectivity index (χ1) is 8.67. The van der Waals surface area contributed by atoms with E-state index in [9.17, 15) is 0 Å². The number of nitrogens with zero attached hydrogens (tertiary/aromatic N) is 2. The monoisotopic (exact) mass is 286 g/mol. The van der Waals surface area contributed by atoms with Crippen LogP contribution in [0.1, 0.15) is 32.1 Å². The summed E-state index contributed by atoms with van der Waals surface area (Å²) in [6.45, 7) is 0.879. The molecule has 1 aliphatic rings. The van der Waals surface area contributed by atoms with E-state index in [4.69, 9.17) is 17.3 Å². The zero-order valence-electron chi connectivity index (χ0n) is 10.6. The Bertz CT molecular complexity index is 407. The highest BCUT2D eigenvalue weighted by molar-refractivity contribution is 8.00. The maximum Gasteiger partial charge on any atom is 0.150 e. The molecule has 2 rings (SSSR count). The average Bonchev–Trinajstić information content (AvgIpc) is 2.41. The van der Waals surface area contributed by atoms with E-state index in [0.29, 0.717) is 21.4 Å². The number of rotatable bonds is 4. The summed E-state index contributed by atoms with van der Waals surface area (Å²) in [6.07, 6.45) is 10.1. The minimum absolute atomic E-state index is 0.307. The van der Waals surface area contributed by atoms with Crippen LogP contribution in [-0.4, -0.2) is 27.5 Å². The molecule has 0 saturated heterocycles. The molecule has 100 valence electrons. The lowest BCUT2D eigenvalue weighted by atomic mass is 9.88. The van der Waals surface area contributed by atoms with Crippen molar-refractivity contribution in [1.29, 1.82) is 0 Å². The Hall–Kier alpha value is -0.680. The number of nitrogens with one attached hydrogen (secondary N) is 1. The second-order valence-electron chi connectivity index (χ2n) is 4.72. The van der Waals surface area contributed by atoms with Gasteiger partial charge in [0.1, 0.15) is 23.0 Å². The van der Waals surface area contributed by atoms with Crippen molar-refractivity contribution in [2.45, 2.75) is 36.9 Å². The van der Waals surface area contributed by atoms with Gasteiger partial charge in [0.05, 0.1) is 0 Å². The van der Waals surface area contributed by atoms with Crippen LogP contribution in [0.4, 0.5) is 11.6 Å². The van der Waals surface area contributed by atoms with Crippen molar-refractivity contribution < 1.29 is 0 Å². The Morgan fingerprint density at radius 1 is 1.39 bits per heavy atom. The van der Waals surface area contributed by atoms with E-state index in [1.54, 1.807) is 0 Å². The highest BCUT2D eigenvalue weighted by Crippen LogP contribution is 2.39. The number of anilines is 2. The highest BCUT2D eigenvalue weighted by Gasteiger charge is 2.31. The summed E-state index contributed by atoms with van der Waals surface area (Å²) >= 11 is 8.02. The SMILES string of the molecule is CSC1(CNc2ncnc(N)c2Cl)CCCCC1. The number of thioether (sulfide) groups is 1. The van der Waals surface area contributed by atoms with Crippen molar-refractivity contribution >= 4 is 35.0 Å². The normalized spacial score (nSPS) is 18.6. The van der Waals surface area contributed by atoms with Crippen molar-refractivity contribution in [3.8, 4) is 0 Å². The fourth-order valence-electron chi connectivity index (χ4n) is 2.40. The van der Waals surface area contributed by atoms with Gasteiger partial charge < -0.3 is 11.1 Å². The standard InChI is InChI=1S/C12H19ClN4S/c1-18-12(5-3-2-4-6-12)7-15-11-9(13)10(14)16-8-17-11/h8H,2-7H2,1H3,(H3,14,15,16,17). The number of hydrogen-bond donors (Lipinski definition) is 2. The van der Waals surface area contributed by atoms with Crippen LogP contribution in [0.25, 0.3) is 0 Å². The Morgan fingerprint density at radius 3 is 2.78 bits per heavy atom. The van der Waals surface area contributed by atoms with Crippen molar-refractivity contribution in [1.82, 2.24) is 9.97 Å². The number of nitrogens with two attached hydrogens (primary N) is 1. The van der Waals surface area contributed by atoms with Gasteiger partial charge in [0.2, 0.25) is 0 Å². The molecule has 4 nitrogen and oxygen atoms in total. The number of nitrogen functional groups attached to an aromatic ring is 1. The fourth-order valence-corrected chi connectivity index (χ4v) is 3.48. The van der Waals surface area contributed by atoms with Crippen molar-refractivity contribution in [2.24, 2.45) is 0 Å². The van der Waals surface area contributed by atoms with Gasteiger partial charge in [-0.15, -0.1) is 0 Å². The topological polar surface area (TPSA) is 63.8 Å². The summed E-state index contributed by atoms with van der Waals surface area (Å²) in [5.74, 6) is 0.971. The molecule has 0 amide bonds. The molecule has 1 aromatic heterocycles. The summed E-state index contributed by atoms with van der Waals surface area (Å²) < 4.78 is 0.307. The lowest BCUT2D eigenvalue weighted by molar-refractivity contribution is 0.411. The summed E-state index contributed by atoms with van der Waals surface area (Å²) in [7, 11) is 0. The van der Waals surface area contributed by atoms with E-state index in [2.05, 4.69) is 21.5 Å². The second kappa shape index (κ2) is 5.97. The van der Waals surface area contributed by atoms with E-state index >= 15 is 0 Å². The van der Waals surface area contributed by atoms with Gasteiger partial charge in [-0.05, 0) is 19.1 Å². The molecule has 0 unspecified atom stereocenters. The Kier molecular flexibility index (Phi) is 4.56. The third-order valence-corrected chi connectivity index (χ3v) is 5.38. The summed E-state index contributed by atoms with van der Waals surface area (Å²) in [5, 5.41) is 3.75. The van der Waals surface area contributed by atoms with Crippen LogP contribution in [0.3, 0.4) is 0 Å². The molecule has 0 aliphatic heterocycles. The molecule has 1 saturated carbocycles. The summed E-state index contributed by atoms with van der Waals surface area (Å²) in [4.78, 5) is 8.01. The fraction of sp³-hybridized carbons (Fsp3) is 0.667. The molecule has 0 radical (unpaired) electrons. The quantitative estimate of drug-likeness (QED) is 0.890. The molecule has 0 atom stereocenters. The number of hydrogen-bond acceptors (Lipinski definition) is 5. The first-order valence-corrected chi connectivity index (χ1v) is 7.82. The van der Waals surface area contributed by atoms with Gasteiger partial charge >= 0.3 is 0 Å². The average molecular weight is 287 g/mol. The predicted molar refractivity (Wildman–Crippen MR) is 79.3 cm³/mol. The van der Waals surface area contributed by atoms with Crippen LogP contribution in [0.2, 0.25) is 5.02 Å². The van der Waals surface area contributed by atoms with Gasteiger partial charge in [-0.2, -0.15) is 11.8 Å². The van der Waals surface area contributed by atoms with Gasteiger partial charge in [-0.1, -0.05) is 30.9 Å². The van der Waals surface area contributed by atoms with Gasteiger partial charge in [-0.3, -0.25) is 0 Å². The lowest BCUT2D eigenvalue weighted by Gasteiger charge is -2.36. The van der Waals surface area contributed by atoms with Crippen LogP contribution in [0.5, 0.6) is 0 Å². The van der Waals surface area contributed by atoms with Crippen molar-refractivity contribution in [3.05, 3.63) is 11.3 Å². The Balaban J connectivity index is 2.03. The Labute approximate surface area is 117 Å². The zero-order chi connectivity index (χ0) is 13.0. The van der Waals surface area contributed by atoms with Gasteiger partial charge in [0.25, 0.3) is 0 Å². The van der Waals surface area contributed by atoms with Crippen LogP contribution >= 0.6 is 23.4 Å². The molecule has 0 bridgehead atoms. The predicted octanol–water partition coefficient (Wildman–Crippen LogP) is 3.19. The molecule has 0 spiro atoms. The molecule has 18 heavy (non-hydrogen) atoms. The smallest absolute Gasteiger partial charge is 0.150 e. The van der Waals surface area contributed by atoms with Crippen LogP contribution < -0.4 is 11.1 Å². The molecule has 1 aliphatic carbocycles. The van der Waals surface area contributed by atoms with Crippen LogP contribution in [0, 0.1) is 0 Å². The van der Waals surface area contributed by atoms with Crippen molar-refractivity contribution in [3.63, 3.8) is 0 Å². The van der Waals surface area contributed by atoms with Crippen LogP contribution in [0.15, 0.2) is 6.33 Å². The first kappa shape index (κ1) is 13.7. The minimum Gasteiger partial charge on any atom is -0.382 e. The molecule has 1 heterocycles. The van der Waals surface area contributed by atoms with E-state index in [1.165, 1.54) is 38.4 Å². The number of halogens is 1. The minimum atomic E-state index is 0.307. The summed E-state index contributed by atoms with van der Waals surface area (Å²) in [6, 6.07) is 0. The number of aromatic nitrogens is 2. The highest BCUT2D eigenvalue weighted by atomic mass is 35.5. The zero-order valence-corrected chi connectivity index (χ0v) is 12.2. The molecular formula is C12H19ClN4S. The molecular weight excluding hydrogens is 268 g/mol. The second-order valence-corrected chi connectivity index (χ2v) is 6.38. The molecule has 3 N–H and O–H groups in total. The lowest BCUT2D eigenvalue weighted by Crippen LogP contribution is -2.35. The molecule has 1 fully saturated rings. The first-order valence-electron chi connectivity index (χ1n) is 6.22. The largest absolute Gasteiger partial charge is 0.382 e. The molecule has 0 aromatic carbocycles. The third-order valence-electron chi connectivity index (χ3n) is 3.59. The van der Waals surface area contributed by atoms with Crippen LogP contribution in [-0.2, 0) is 0 Å². The Morgan fingerprint density at radius 2 is 2.11 bits per heavy atom.